The molecule has 0 radical (unpaired) electrons. The van der Waals surface area contributed by atoms with E-state index < -0.39 is 152 Å². The zero-order chi connectivity index (χ0) is 55.6. The molecule has 5 aromatic heterocycles. The van der Waals surface area contributed by atoms with E-state index in [9.17, 15) is 67.8 Å². The number of aromatic amines is 2. The van der Waals surface area contributed by atoms with Gasteiger partial charge in [0.05, 0.1) is 39.3 Å². The second kappa shape index (κ2) is 21.9. The molecule has 8 rings (SSSR count). The first-order chi connectivity index (χ1) is 35.5. The number of aliphatic hydroxyl groups is 3. The van der Waals surface area contributed by atoms with Gasteiger partial charge in [-0.15, -0.1) is 0 Å². The molecule has 16 atom stereocenters. The van der Waals surface area contributed by atoms with Gasteiger partial charge in [-0.3, -0.25) is 47.1 Å². The van der Waals surface area contributed by atoms with Crippen molar-refractivity contribution in [2.24, 2.45) is 13.0 Å². The zero-order valence-electron chi connectivity index (χ0n) is 39.7. The molecule has 0 bridgehead atoms. The number of ether oxygens (including phenoxy) is 4. The SMILES string of the molecule is CO[C@@H]1[C@H](P(=O)(O)OC[C@H]2O[C@@H](n3ccc(=O)[nH]c3=O)[C@H](O)[C@@H]2O)[C@@H](COP(=O)(O)OP(=O)(O)OP(O)(=S)OC[C@H]2OC([n+]3cn(C)c4c(=O)[nH]c(N)nc43)[C@H](O)[C@@H]2CC(=O)N(C)C)O[C@H]1n1cnc2c(N)ncnc21. The van der Waals surface area contributed by atoms with Crippen molar-refractivity contribution in [3.8, 4) is 0 Å². The molecule has 3 saturated heterocycles. The molecule has 5 unspecified atom stereocenters. The second-order valence-electron chi connectivity index (χ2n) is 17.4. The Labute approximate surface area is 429 Å². The molecule has 5 aromatic rings. The van der Waals surface area contributed by atoms with E-state index in [0.29, 0.717) is 0 Å². The standard InChI is InChI=1S/C35H49N13O23P4S/c1-44(2)19(50)7-14-15(67-31(22(14)51)48-13-45(3)21-29(48)42-34(37)43-30(21)54)8-66-75(62,76)71-74(60,61)70-73(58,59)65-10-17-26(25(63-4)33(69-17)47-12-40-20-27(36)38-11-39-28(20)47)72(56,57)64-9-16-23(52)24(53)32(68-16)46-6-5-18(49)41-35(46)55/h5-6,11-17,22-26,31-33,51-53H,7-10H2,1-4H3,(H9-,36,37,38,39,41,42,43,49,54,55,56,57,58,59,60,61,62,76)/p+1/t14-,15-,16-,17-,22-,23-,24-,25-,26-,31?,32-,33-,75?/m1/s1. The number of fused-ring (bicyclic) bond motifs is 2. The number of H-pyrrole nitrogens is 2. The number of amides is 1. The van der Waals surface area contributed by atoms with E-state index in [1.54, 1.807) is 0 Å². The second-order valence-corrected chi connectivity index (χ2v) is 25.4. The topological polar surface area (TPSA) is 501 Å². The molecule has 418 valence electrons. The Hall–Kier alpha value is -4.65. The number of phosphoric acid groups is 2. The van der Waals surface area contributed by atoms with Gasteiger partial charge in [0, 0.05) is 45.8 Å². The lowest BCUT2D eigenvalue weighted by molar-refractivity contribution is -0.745. The summed E-state index contributed by atoms with van der Waals surface area (Å²) in [6, 6.07) is 0.931. The Bertz CT molecular complexity index is 3400. The molecule has 0 saturated carbocycles. The largest absolute Gasteiger partial charge is 0.488 e. The number of anilines is 2. The molecule has 3 aliphatic rings. The zero-order valence-corrected chi connectivity index (χ0v) is 44.1. The van der Waals surface area contributed by atoms with E-state index in [2.05, 4.69) is 33.5 Å². The van der Waals surface area contributed by atoms with Gasteiger partial charge in [-0.25, -0.2) is 37.8 Å². The Morgan fingerprint density at radius 2 is 1.55 bits per heavy atom. The van der Waals surface area contributed by atoms with Crippen LogP contribution in [0.25, 0.3) is 22.3 Å². The van der Waals surface area contributed by atoms with Crippen molar-refractivity contribution in [3.63, 3.8) is 0 Å². The lowest BCUT2D eigenvalue weighted by Gasteiger charge is -2.28. The number of rotatable bonds is 20. The minimum atomic E-state index is -6.04. The van der Waals surface area contributed by atoms with Gasteiger partial charge in [-0.2, -0.15) is 4.31 Å². The third-order valence-electron chi connectivity index (χ3n) is 12.2. The lowest BCUT2D eigenvalue weighted by atomic mass is 9.94. The number of aromatic nitrogens is 10. The number of nitrogens with one attached hydrogen (secondary N) is 2. The molecule has 13 N–H and O–H groups in total. The number of carbonyl (C=O) groups excluding carboxylic acids is 1. The molecule has 41 heteroatoms. The summed E-state index contributed by atoms with van der Waals surface area (Å²) in [6.07, 6.45) is -12.1. The Morgan fingerprint density at radius 3 is 2.24 bits per heavy atom. The first-order valence-electron chi connectivity index (χ1n) is 21.9. The van der Waals surface area contributed by atoms with E-state index in [1.807, 2.05) is 4.98 Å². The average molecular weight is 1180 g/mol. The van der Waals surface area contributed by atoms with Crippen molar-refractivity contribution in [1.82, 2.24) is 48.5 Å². The fourth-order valence-electron chi connectivity index (χ4n) is 8.71. The van der Waals surface area contributed by atoms with Crippen LogP contribution in [-0.2, 0) is 78.5 Å². The number of aryl methyl sites for hydroxylation is 1. The smallest absolute Gasteiger partial charge is 0.387 e. The summed E-state index contributed by atoms with van der Waals surface area (Å²) in [5.74, 6) is -2.02. The van der Waals surface area contributed by atoms with Crippen LogP contribution in [0.5, 0.6) is 0 Å². The van der Waals surface area contributed by atoms with E-state index in [-0.39, 0.29) is 34.1 Å². The summed E-state index contributed by atoms with van der Waals surface area (Å²) in [5.41, 5.74) is 7.35. The van der Waals surface area contributed by atoms with Gasteiger partial charge < -0.3 is 79.3 Å². The van der Waals surface area contributed by atoms with Crippen LogP contribution in [-0.4, -0.2) is 179 Å². The van der Waals surface area contributed by atoms with Crippen molar-refractivity contribution in [1.29, 1.82) is 0 Å². The molecule has 3 aliphatic heterocycles. The van der Waals surface area contributed by atoms with E-state index in [0.717, 1.165) is 36.6 Å². The summed E-state index contributed by atoms with van der Waals surface area (Å²) in [5, 5.41) is 33.0. The van der Waals surface area contributed by atoms with Crippen LogP contribution in [0.15, 0.2) is 45.6 Å². The number of imidazole rings is 2. The number of nitrogens with zero attached hydrogens (tertiary/aromatic N) is 9. The number of carbonyl (C=O) groups is 1. The third-order valence-corrected chi connectivity index (χ3v) is 19.3. The highest BCUT2D eigenvalue weighted by atomic mass is 32.5. The van der Waals surface area contributed by atoms with Crippen LogP contribution < -0.4 is 32.8 Å². The van der Waals surface area contributed by atoms with E-state index in [4.69, 9.17) is 55.8 Å². The van der Waals surface area contributed by atoms with Crippen LogP contribution in [0.3, 0.4) is 0 Å². The molecule has 1 amide bonds. The van der Waals surface area contributed by atoms with Gasteiger partial charge in [0.15, 0.2) is 30.2 Å². The number of hydrogen-bond donors (Lipinski definition) is 11. The molecular weight excluding hydrogens is 1130 g/mol. The highest BCUT2D eigenvalue weighted by Crippen LogP contribution is 2.68. The van der Waals surface area contributed by atoms with Gasteiger partial charge in [-0.05, 0) is 11.8 Å². The molecule has 0 aliphatic carbocycles. The Kier molecular flexibility index (Phi) is 16.6. The van der Waals surface area contributed by atoms with Gasteiger partial charge in [-0.1, -0.05) is 4.98 Å². The number of nitrogen functional groups attached to an aromatic ring is 2. The van der Waals surface area contributed by atoms with Crippen molar-refractivity contribution < 1.29 is 99.1 Å². The maximum atomic E-state index is 14.3. The number of aliphatic hydroxyl groups excluding tert-OH is 3. The molecule has 8 heterocycles. The Morgan fingerprint density at radius 1 is 0.868 bits per heavy atom. The maximum Gasteiger partial charge on any atom is 0.488 e. The van der Waals surface area contributed by atoms with E-state index in [1.165, 1.54) is 46.1 Å². The molecule has 76 heavy (non-hydrogen) atoms. The minimum Gasteiger partial charge on any atom is -0.387 e. The van der Waals surface area contributed by atoms with Crippen LogP contribution in [0.4, 0.5) is 11.8 Å². The number of nitrogens with two attached hydrogens (primary N) is 2. The van der Waals surface area contributed by atoms with Crippen molar-refractivity contribution in [2.75, 3.05) is 52.5 Å². The van der Waals surface area contributed by atoms with Gasteiger partial charge >= 0.3 is 41.3 Å². The molecule has 36 nitrogen and oxygen atoms in total. The third kappa shape index (κ3) is 11.8. The van der Waals surface area contributed by atoms with Crippen molar-refractivity contribution in [2.45, 2.75) is 73.5 Å². The van der Waals surface area contributed by atoms with Crippen molar-refractivity contribution in [3.05, 3.63) is 62.4 Å². The predicted molar refractivity (Wildman–Crippen MR) is 254 cm³/mol. The first kappa shape index (κ1) is 57.5. The fraction of sp³-hybridized carbons (Fsp3) is 0.571. The van der Waals surface area contributed by atoms with Crippen LogP contribution in [0.2, 0.25) is 0 Å². The predicted octanol–water partition coefficient (Wildman–Crippen LogP) is -3.96. The number of phosphoric ester groups is 1. The fourth-order valence-corrected chi connectivity index (χ4v) is 14.9. The normalized spacial score (nSPS) is 30.0. The van der Waals surface area contributed by atoms with Crippen LogP contribution in [0, 0.1) is 5.92 Å². The number of hydrogen-bond acceptors (Lipinski definition) is 26. The first-order valence-corrected chi connectivity index (χ1v) is 29.2. The van der Waals surface area contributed by atoms with E-state index >= 15 is 0 Å². The van der Waals surface area contributed by atoms with Gasteiger partial charge in [0.1, 0.15) is 54.1 Å². The van der Waals surface area contributed by atoms with Crippen molar-refractivity contribution >= 4 is 81.8 Å². The van der Waals surface area contributed by atoms with Gasteiger partial charge in [0.25, 0.3) is 17.1 Å². The number of methoxy groups -OCH3 is 1. The summed E-state index contributed by atoms with van der Waals surface area (Å²) >= 11 is 4.92. The highest BCUT2D eigenvalue weighted by molar-refractivity contribution is 8.08. The molecule has 0 spiro atoms. The maximum absolute atomic E-state index is 14.3. The summed E-state index contributed by atoms with van der Waals surface area (Å²) in [4.78, 5) is 115. The molecule has 0 aromatic carbocycles. The summed E-state index contributed by atoms with van der Waals surface area (Å²) in [7, 11) is -11.8. The summed E-state index contributed by atoms with van der Waals surface area (Å²) in [6.45, 7) is -8.16. The minimum absolute atomic E-state index is 0.00234. The lowest BCUT2D eigenvalue weighted by Crippen LogP contribution is -2.45. The highest BCUT2D eigenvalue weighted by Gasteiger charge is 2.58. The van der Waals surface area contributed by atoms with Crippen LogP contribution >= 0.6 is 30.0 Å². The molecular formula is C35H50N13O23P4S+. The quantitative estimate of drug-likeness (QED) is 0.0262. The summed E-state index contributed by atoms with van der Waals surface area (Å²) < 4.78 is 93.6. The average Bonchev–Trinajstić information content (AvgIpc) is 4.13. The monoisotopic (exact) mass is 1180 g/mol. The Balaban J connectivity index is 0.969. The van der Waals surface area contributed by atoms with Crippen LogP contribution in [0.1, 0.15) is 25.1 Å². The molecule has 3 fully saturated rings. The van der Waals surface area contributed by atoms with Gasteiger partial charge in [0.2, 0.25) is 17.7 Å².